The minimum atomic E-state index is -0.176. The van der Waals surface area contributed by atoms with Crippen LogP contribution in [-0.2, 0) is 47.5 Å². The predicted molar refractivity (Wildman–Crippen MR) is 275 cm³/mol. The van der Waals surface area contributed by atoms with E-state index in [1.54, 1.807) is 14.2 Å². The summed E-state index contributed by atoms with van der Waals surface area (Å²) in [5, 5.41) is 23.9. The second kappa shape index (κ2) is 20.3. The second-order valence-corrected chi connectivity index (χ2v) is 21.9. The molecule has 0 aliphatic carbocycles. The van der Waals surface area contributed by atoms with Crippen molar-refractivity contribution in [1.82, 2.24) is 0 Å². The fourth-order valence-corrected chi connectivity index (χ4v) is 8.69. The minimum Gasteiger partial charge on any atom is -0.619 e. The van der Waals surface area contributed by atoms with Crippen molar-refractivity contribution in [2.75, 3.05) is 14.2 Å². The van der Waals surface area contributed by atoms with Crippen molar-refractivity contribution in [2.45, 2.75) is 138 Å². The molecular weight excluding hydrogens is 995 g/mol. The van der Waals surface area contributed by atoms with Gasteiger partial charge in [0.05, 0.1) is 25.7 Å². The van der Waals surface area contributed by atoms with E-state index in [4.69, 9.17) is 18.9 Å². The minimum absolute atomic E-state index is 0. The molecule has 6 aromatic carbocycles. The largest absolute Gasteiger partial charge is 0.619 e. The van der Waals surface area contributed by atoms with E-state index in [9.17, 15) is 10.2 Å². The number of rotatable bonds is 12. The summed E-state index contributed by atoms with van der Waals surface area (Å²) in [7, 11) is 3.48. The molecule has 0 fully saturated rings. The van der Waals surface area contributed by atoms with E-state index in [-0.39, 0.29) is 59.0 Å². The summed E-state index contributed by atoms with van der Waals surface area (Å²) in [5.74, 6) is 3.59. The summed E-state index contributed by atoms with van der Waals surface area (Å²) in [6, 6.07) is 32.5. The Kier molecular flexibility index (Phi) is 16.0. The normalized spacial score (nSPS) is 12.2. The summed E-state index contributed by atoms with van der Waals surface area (Å²) >= 11 is 0. The first-order valence-electron chi connectivity index (χ1n) is 23.3. The van der Waals surface area contributed by atoms with Crippen molar-refractivity contribution in [3.63, 3.8) is 0 Å². The molecule has 6 aromatic rings. The number of methoxy groups -OCH3 is 2. The van der Waals surface area contributed by atoms with Gasteiger partial charge in [-0.05, 0) is 117 Å². The number of phenols is 2. The molecule has 0 aromatic heterocycles. The van der Waals surface area contributed by atoms with Gasteiger partial charge < -0.3 is 29.2 Å². The number of aryl methyl sites for hydroxylation is 2. The van der Waals surface area contributed by atoms with Crippen molar-refractivity contribution in [3.05, 3.63) is 137 Å². The molecule has 6 nitrogen and oxygen atoms in total. The van der Waals surface area contributed by atoms with Crippen molar-refractivity contribution >= 4 is 0 Å². The van der Waals surface area contributed by atoms with Crippen LogP contribution in [0.15, 0.2) is 97.1 Å². The third-order valence-corrected chi connectivity index (χ3v) is 12.4. The third kappa shape index (κ3) is 11.5. The summed E-state index contributed by atoms with van der Waals surface area (Å²) in [6.07, 6.45) is 1.91. The van der Waals surface area contributed by atoms with Crippen LogP contribution in [-0.4, -0.2) is 24.4 Å². The van der Waals surface area contributed by atoms with Gasteiger partial charge in [0, 0.05) is 76.6 Å². The second-order valence-electron chi connectivity index (χ2n) is 21.9. The van der Waals surface area contributed by atoms with Crippen molar-refractivity contribution in [2.24, 2.45) is 0 Å². The molecule has 0 aliphatic rings. The Morgan fingerprint density at radius 1 is 0.448 bits per heavy atom. The molecule has 7 heteroatoms. The molecule has 0 bridgehead atoms. The Labute approximate surface area is 420 Å². The Morgan fingerprint density at radius 2 is 0.746 bits per heavy atom. The fraction of sp³-hybridized carbons (Fsp3) is 0.383. The van der Waals surface area contributed by atoms with Crippen LogP contribution in [0.5, 0.6) is 34.5 Å². The maximum Gasteiger partial charge on any atom is 0.131 e. The Hall–Kier alpha value is -5.01. The molecule has 354 valence electrons. The van der Waals surface area contributed by atoms with E-state index in [2.05, 4.69) is 114 Å². The van der Waals surface area contributed by atoms with Crippen molar-refractivity contribution in [1.29, 1.82) is 0 Å². The molecule has 0 spiro atoms. The number of benzene rings is 6. The molecule has 0 aliphatic heterocycles. The van der Waals surface area contributed by atoms with E-state index in [1.807, 2.05) is 86.6 Å². The Morgan fingerprint density at radius 3 is 1.00 bits per heavy atom. The Balaban J connectivity index is 0.00000840. The molecule has 0 saturated carbocycles. The van der Waals surface area contributed by atoms with E-state index in [0.717, 1.165) is 95.8 Å². The fourth-order valence-electron chi connectivity index (χ4n) is 8.69. The van der Waals surface area contributed by atoms with Gasteiger partial charge in [-0.15, -0.1) is 6.42 Å². The quantitative estimate of drug-likeness (QED) is 0.0939. The zero-order chi connectivity index (χ0) is 48.7. The van der Waals surface area contributed by atoms with Gasteiger partial charge in [-0.3, -0.25) is 0 Å². The van der Waals surface area contributed by atoms with Crippen LogP contribution >= 0.6 is 0 Å². The van der Waals surface area contributed by atoms with Gasteiger partial charge in [-0.1, -0.05) is 145 Å². The number of hydrogen-bond donors (Lipinski definition) is 2. The maximum absolute atomic E-state index is 11.9. The van der Waals surface area contributed by atoms with Crippen LogP contribution in [0.4, 0.5) is 0 Å². The number of ether oxygens (including phenoxy) is 4. The first-order chi connectivity index (χ1) is 30.8. The first kappa shape index (κ1) is 53.0. The topological polar surface area (TPSA) is 77.4 Å². The van der Waals surface area contributed by atoms with Gasteiger partial charge in [0.25, 0.3) is 0 Å². The number of para-hydroxylation sites is 2. The average molecular weight is 1070 g/mol. The first-order valence-corrected chi connectivity index (χ1v) is 23.3. The summed E-state index contributed by atoms with van der Waals surface area (Å²) in [5.41, 5.74) is 12.2. The predicted octanol–water partition coefficient (Wildman–Crippen LogP) is 16.3. The molecule has 0 radical (unpaired) electrons. The van der Waals surface area contributed by atoms with Gasteiger partial charge in [0.15, 0.2) is 0 Å². The molecule has 0 unspecified atom stereocenters. The smallest absolute Gasteiger partial charge is 0.131 e. The summed E-state index contributed by atoms with van der Waals surface area (Å²) < 4.78 is 25.1. The SMILES string of the molecule is CCC[C-](Oc1ccc(-c2cccc(-c3cc(C(C)(C)C)c(OC)c(C(C)(C)C)c3)c2O)cc1C)Oc1ccc(-c2cccc(-c3cc(C(C)(C)C)c(OC)c(C(C)(C)C)c3)c2O)cc1C.[Hf]. The van der Waals surface area contributed by atoms with E-state index in [0.29, 0.717) is 24.2 Å². The summed E-state index contributed by atoms with van der Waals surface area (Å²) in [4.78, 5) is 0. The molecule has 0 heterocycles. The van der Waals surface area contributed by atoms with Crippen LogP contribution in [0.1, 0.15) is 136 Å². The van der Waals surface area contributed by atoms with Crippen LogP contribution < -0.4 is 18.9 Å². The van der Waals surface area contributed by atoms with Crippen molar-refractivity contribution < 1.29 is 55.0 Å². The molecule has 0 saturated heterocycles. The molecular formula is C60H73HfO6-. The van der Waals surface area contributed by atoms with Gasteiger partial charge in [-0.25, -0.2) is 0 Å². The average Bonchev–Trinajstić information content (AvgIpc) is 3.23. The Bertz CT molecular complexity index is 2460. The molecule has 67 heavy (non-hydrogen) atoms. The van der Waals surface area contributed by atoms with Gasteiger partial charge in [0.2, 0.25) is 0 Å². The van der Waals surface area contributed by atoms with Gasteiger partial charge in [-0.2, -0.15) is 0 Å². The van der Waals surface area contributed by atoms with E-state index < -0.39 is 0 Å². The van der Waals surface area contributed by atoms with Crippen LogP contribution in [0, 0.1) is 20.1 Å². The maximum atomic E-state index is 11.9. The van der Waals surface area contributed by atoms with Gasteiger partial charge in [0.1, 0.15) is 23.0 Å². The van der Waals surface area contributed by atoms with Crippen LogP contribution in [0.25, 0.3) is 44.5 Å². The molecule has 0 amide bonds. The zero-order valence-electron chi connectivity index (χ0n) is 43.2. The third-order valence-electron chi connectivity index (χ3n) is 12.4. The number of aromatic hydroxyl groups is 2. The molecule has 6 rings (SSSR count). The van der Waals surface area contributed by atoms with Gasteiger partial charge >= 0.3 is 0 Å². The number of phenolic OH excluding ortho intramolecular Hbond substituents is 2. The van der Waals surface area contributed by atoms with E-state index >= 15 is 0 Å². The van der Waals surface area contributed by atoms with E-state index in [1.165, 1.54) is 0 Å². The van der Waals surface area contributed by atoms with Crippen molar-refractivity contribution in [3.8, 4) is 79.0 Å². The zero-order valence-corrected chi connectivity index (χ0v) is 46.8. The van der Waals surface area contributed by atoms with Crippen LogP contribution in [0.2, 0.25) is 0 Å². The molecule has 2 N–H and O–H groups in total. The monoisotopic (exact) mass is 1070 g/mol. The molecule has 0 atom stereocenters. The summed E-state index contributed by atoms with van der Waals surface area (Å²) in [6.45, 7) is 32.4. The number of hydrogen-bond acceptors (Lipinski definition) is 6. The standard InChI is InChI=1S/C60H73O6.Hf/c1-18-21-52(65-50-28-26-38(30-36(50)2)42-22-19-24-44(53(42)61)40-32-46(57(4,5)6)55(63-16)47(33-40)58(7,8)9)66-51-29-27-39(31-37(51)3)43-23-20-25-45(54(43)62)41-34-48(59(10,11)12)56(64-17)49(35-41)60(13,14)15;/h19-20,22-35,61-62H,18,21H2,1-17H3;/q-1;. The van der Waals surface area contributed by atoms with Crippen LogP contribution in [0.3, 0.4) is 0 Å².